The van der Waals surface area contributed by atoms with Gasteiger partial charge in [-0.05, 0) is 35.1 Å². The monoisotopic (exact) mass is 279 g/mol. The van der Waals surface area contributed by atoms with Crippen LogP contribution in [0.1, 0.15) is 35.1 Å². The lowest BCUT2D eigenvalue weighted by Gasteiger charge is -2.21. The Hall–Kier alpha value is -2.09. The van der Waals surface area contributed by atoms with E-state index in [4.69, 9.17) is 0 Å². The Balaban J connectivity index is 2.09. The maximum absolute atomic E-state index is 12.8. The van der Waals surface area contributed by atoms with Gasteiger partial charge in [-0.2, -0.15) is 0 Å². The Morgan fingerprint density at radius 1 is 1.10 bits per heavy atom. The van der Waals surface area contributed by atoms with Gasteiger partial charge >= 0.3 is 0 Å². The van der Waals surface area contributed by atoms with Crippen LogP contribution in [-0.4, -0.2) is 24.4 Å². The summed E-state index contributed by atoms with van der Waals surface area (Å²) in [6, 6.07) is 16.8. The minimum absolute atomic E-state index is 0.167. The molecule has 0 spiro atoms. The fourth-order valence-corrected chi connectivity index (χ4v) is 3.06. The van der Waals surface area contributed by atoms with Crippen LogP contribution in [0.3, 0.4) is 0 Å². The summed E-state index contributed by atoms with van der Waals surface area (Å²) in [5.41, 5.74) is 4.86. The first-order valence-electron chi connectivity index (χ1n) is 7.62. The quantitative estimate of drug-likeness (QED) is 0.825. The van der Waals surface area contributed by atoms with Gasteiger partial charge in [0.25, 0.3) is 0 Å². The summed E-state index contributed by atoms with van der Waals surface area (Å²) in [5, 5.41) is 0. The molecule has 0 aromatic heterocycles. The van der Waals surface area contributed by atoms with Gasteiger partial charge in [-0.3, -0.25) is 4.79 Å². The number of hydrogen-bond donors (Lipinski definition) is 0. The van der Waals surface area contributed by atoms with Crippen molar-refractivity contribution in [2.24, 2.45) is 0 Å². The van der Waals surface area contributed by atoms with E-state index in [0.717, 1.165) is 30.5 Å². The minimum atomic E-state index is -0.167. The second-order valence-corrected chi connectivity index (χ2v) is 5.74. The fraction of sp³-hybridized carbons (Fsp3) is 0.316. The number of nitrogens with zero attached hydrogens (tertiary/aromatic N) is 1. The zero-order valence-corrected chi connectivity index (χ0v) is 12.7. The van der Waals surface area contributed by atoms with E-state index in [9.17, 15) is 4.79 Å². The van der Waals surface area contributed by atoms with E-state index >= 15 is 0 Å². The van der Waals surface area contributed by atoms with E-state index in [-0.39, 0.29) is 11.8 Å². The zero-order valence-electron chi connectivity index (χ0n) is 12.7. The van der Waals surface area contributed by atoms with E-state index in [1.807, 2.05) is 18.0 Å². The molecule has 0 radical (unpaired) electrons. The highest BCUT2D eigenvalue weighted by atomic mass is 16.2. The Morgan fingerprint density at radius 3 is 2.52 bits per heavy atom. The molecule has 0 bridgehead atoms. The molecule has 1 amide bonds. The van der Waals surface area contributed by atoms with E-state index in [0.29, 0.717) is 0 Å². The minimum Gasteiger partial charge on any atom is -0.345 e. The maximum atomic E-state index is 12.8. The standard InChI is InChI=1S/C19H21NO/c1-3-14-8-10-16(11-9-14)18-17-7-5-4-6-15(17)12-13-20(2)19(18)21/h4-11,18H,3,12-13H2,1-2H3. The van der Waals surface area contributed by atoms with Gasteiger partial charge in [0.2, 0.25) is 5.91 Å². The summed E-state index contributed by atoms with van der Waals surface area (Å²) in [5.74, 6) is 0.0313. The number of fused-ring (bicyclic) bond motifs is 1. The molecule has 1 atom stereocenters. The van der Waals surface area contributed by atoms with Crippen molar-refractivity contribution >= 4 is 5.91 Å². The molecule has 2 nitrogen and oxygen atoms in total. The lowest BCUT2D eigenvalue weighted by atomic mass is 9.87. The van der Waals surface area contributed by atoms with Crippen LogP contribution >= 0.6 is 0 Å². The van der Waals surface area contributed by atoms with Crippen LogP contribution in [0, 0.1) is 0 Å². The highest BCUT2D eigenvalue weighted by Gasteiger charge is 2.30. The molecule has 1 aliphatic heterocycles. The van der Waals surface area contributed by atoms with Gasteiger partial charge in [-0.15, -0.1) is 0 Å². The Morgan fingerprint density at radius 2 is 1.81 bits per heavy atom. The molecule has 2 aromatic carbocycles. The molecule has 0 saturated heterocycles. The van der Waals surface area contributed by atoms with Gasteiger partial charge < -0.3 is 4.90 Å². The van der Waals surface area contributed by atoms with E-state index in [2.05, 4.69) is 49.4 Å². The first-order chi connectivity index (χ1) is 10.2. The second-order valence-electron chi connectivity index (χ2n) is 5.74. The van der Waals surface area contributed by atoms with Crippen molar-refractivity contribution in [3.05, 3.63) is 70.8 Å². The van der Waals surface area contributed by atoms with Gasteiger partial charge in [0.05, 0.1) is 5.92 Å². The van der Waals surface area contributed by atoms with Gasteiger partial charge in [-0.1, -0.05) is 55.5 Å². The second kappa shape index (κ2) is 5.72. The molecule has 2 heteroatoms. The Labute approximate surface area is 126 Å². The third kappa shape index (κ3) is 2.58. The highest BCUT2D eigenvalue weighted by molar-refractivity contribution is 5.88. The van der Waals surface area contributed by atoms with Crippen molar-refractivity contribution in [2.75, 3.05) is 13.6 Å². The van der Waals surface area contributed by atoms with Crippen LogP contribution in [0.15, 0.2) is 48.5 Å². The SMILES string of the molecule is CCc1ccc(C2C(=O)N(C)CCc3ccccc32)cc1. The molecule has 21 heavy (non-hydrogen) atoms. The number of carbonyl (C=O) groups is 1. The Bertz CT molecular complexity index is 645. The van der Waals surface area contributed by atoms with Gasteiger partial charge in [0.1, 0.15) is 0 Å². The summed E-state index contributed by atoms with van der Waals surface area (Å²) < 4.78 is 0. The first kappa shape index (κ1) is 13.9. The number of carbonyl (C=O) groups excluding carboxylic acids is 1. The lowest BCUT2D eigenvalue weighted by Crippen LogP contribution is -2.31. The van der Waals surface area contributed by atoms with Crippen molar-refractivity contribution in [1.29, 1.82) is 0 Å². The number of aryl methyl sites for hydroxylation is 1. The van der Waals surface area contributed by atoms with E-state index < -0.39 is 0 Å². The van der Waals surface area contributed by atoms with Gasteiger partial charge in [-0.25, -0.2) is 0 Å². The molecule has 1 heterocycles. The molecule has 0 N–H and O–H groups in total. The topological polar surface area (TPSA) is 20.3 Å². The van der Waals surface area contributed by atoms with E-state index in [1.165, 1.54) is 11.1 Å². The first-order valence-corrected chi connectivity index (χ1v) is 7.62. The third-order valence-electron chi connectivity index (χ3n) is 4.43. The molecular weight excluding hydrogens is 258 g/mol. The number of hydrogen-bond acceptors (Lipinski definition) is 1. The highest BCUT2D eigenvalue weighted by Crippen LogP contribution is 2.32. The van der Waals surface area contributed by atoms with Crippen molar-refractivity contribution in [1.82, 2.24) is 4.90 Å². The van der Waals surface area contributed by atoms with Crippen LogP contribution in [-0.2, 0) is 17.6 Å². The van der Waals surface area contributed by atoms with Crippen LogP contribution < -0.4 is 0 Å². The number of amides is 1. The lowest BCUT2D eigenvalue weighted by molar-refractivity contribution is -0.130. The predicted octanol–water partition coefficient (Wildman–Crippen LogP) is 3.40. The van der Waals surface area contributed by atoms with Gasteiger partial charge in [0.15, 0.2) is 0 Å². The average Bonchev–Trinajstić information content (AvgIpc) is 2.65. The molecule has 3 rings (SSSR count). The summed E-state index contributed by atoms with van der Waals surface area (Å²) in [6.45, 7) is 2.94. The largest absolute Gasteiger partial charge is 0.345 e. The molecule has 0 fully saturated rings. The number of rotatable bonds is 2. The van der Waals surface area contributed by atoms with Crippen molar-refractivity contribution < 1.29 is 4.79 Å². The zero-order chi connectivity index (χ0) is 14.8. The summed E-state index contributed by atoms with van der Waals surface area (Å²) in [6.07, 6.45) is 1.96. The van der Waals surface area contributed by atoms with Crippen LogP contribution in [0.2, 0.25) is 0 Å². The molecular formula is C19H21NO. The average molecular weight is 279 g/mol. The van der Waals surface area contributed by atoms with Crippen molar-refractivity contribution in [3.8, 4) is 0 Å². The normalized spacial score (nSPS) is 18.3. The summed E-state index contributed by atoms with van der Waals surface area (Å²) in [4.78, 5) is 14.6. The van der Waals surface area contributed by atoms with E-state index in [1.54, 1.807) is 0 Å². The maximum Gasteiger partial charge on any atom is 0.234 e. The molecule has 0 aliphatic carbocycles. The van der Waals surface area contributed by atoms with Crippen LogP contribution in [0.5, 0.6) is 0 Å². The number of benzene rings is 2. The van der Waals surface area contributed by atoms with Crippen LogP contribution in [0.4, 0.5) is 0 Å². The third-order valence-corrected chi connectivity index (χ3v) is 4.43. The summed E-state index contributed by atoms with van der Waals surface area (Å²) in [7, 11) is 1.90. The predicted molar refractivity (Wildman–Crippen MR) is 85.4 cm³/mol. The molecule has 108 valence electrons. The molecule has 1 unspecified atom stereocenters. The Kier molecular flexibility index (Phi) is 3.78. The number of likely N-dealkylation sites (N-methyl/N-ethyl adjacent to an activating group) is 1. The van der Waals surface area contributed by atoms with Crippen molar-refractivity contribution in [3.63, 3.8) is 0 Å². The molecule has 2 aromatic rings. The van der Waals surface area contributed by atoms with Crippen molar-refractivity contribution in [2.45, 2.75) is 25.7 Å². The summed E-state index contributed by atoms with van der Waals surface area (Å²) >= 11 is 0. The molecule has 1 aliphatic rings. The van der Waals surface area contributed by atoms with Gasteiger partial charge in [0, 0.05) is 13.6 Å². The smallest absolute Gasteiger partial charge is 0.234 e. The molecule has 0 saturated carbocycles. The van der Waals surface area contributed by atoms with Crippen LogP contribution in [0.25, 0.3) is 0 Å². The fourth-order valence-electron chi connectivity index (χ4n) is 3.06.